The lowest BCUT2D eigenvalue weighted by Crippen LogP contribution is -2.34. The number of hydrogen-bond acceptors (Lipinski definition) is 2. The van der Waals surface area contributed by atoms with Gasteiger partial charge in [0.25, 0.3) is 5.91 Å². The van der Waals surface area contributed by atoms with Crippen LogP contribution in [0.5, 0.6) is 0 Å². The summed E-state index contributed by atoms with van der Waals surface area (Å²) in [5.41, 5.74) is 0.581. The van der Waals surface area contributed by atoms with Crippen molar-refractivity contribution in [3.63, 3.8) is 0 Å². The van der Waals surface area contributed by atoms with Crippen LogP contribution in [0.2, 0.25) is 5.02 Å². The third-order valence-electron chi connectivity index (χ3n) is 2.90. The van der Waals surface area contributed by atoms with E-state index in [1.165, 1.54) is 0 Å². The van der Waals surface area contributed by atoms with Crippen molar-refractivity contribution in [2.45, 2.75) is 19.4 Å². The Labute approximate surface area is 126 Å². The molecule has 6 heteroatoms. The minimum absolute atomic E-state index is 0.258. The standard InChI is InChI=1S/C15H13ClF2N2O/c1-9(7-10-3-2-4-11(16)8-10)20-15(21)12-5-6-19-14(18)13(12)17/h2-6,8-9H,7H2,1H3,(H,20,21). The fourth-order valence-electron chi connectivity index (χ4n) is 1.96. The van der Waals surface area contributed by atoms with Crippen molar-refractivity contribution in [1.29, 1.82) is 0 Å². The van der Waals surface area contributed by atoms with Gasteiger partial charge in [-0.3, -0.25) is 4.79 Å². The van der Waals surface area contributed by atoms with Gasteiger partial charge in [0.2, 0.25) is 5.95 Å². The second-order valence-electron chi connectivity index (χ2n) is 4.67. The number of amides is 1. The smallest absolute Gasteiger partial charge is 0.254 e. The first kappa shape index (κ1) is 15.4. The summed E-state index contributed by atoms with van der Waals surface area (Å²) in [5, 5.41) is 3.22. The van der Waals surface area contributed by atoms with Crippen molar-refractivity contribution < 1.29 is 13.6 Å². The van der Waals surface area contributed by atoms with Crippen LogP contribution in [-0.4, -0.2) is 16.9 Å². The molecule has 0 saturated heterocycles. The summed E-state index contributed by atoms with van der Waals surface area (Å²) in [6.07, 6.45) is 1.58. The van der Waals surface area contributed by atoms with Gasteiger partial charge in [-0.1, -0.05) is 23.7 Å². The summed E-state index contributed by atoms with van der Waals surface area (Å²) >= 11 is 5.88. The number of hydrogen-bond donors (Lipinski definition) is 1. The van der Waals surface area contributed by atoms with Crippen LogP contribution in [0.15, 0.2) is 36.5 Å². The Balaban J connectivity index is 2.04. The number of carbonyl (C=O) groups excluding carboxylic acids is 1. The van der Waals surface area contributed by atoms with Gasteiger partial charge in [-0.05, 0) is 37.1 Å². The maximum atomic E-state index is 13.5. The Morgan fingerprint density at radius 2 is 2.14 bits per heavy atom. The van der Waals surface area contributed by atoms with E-state index >= 15 is 0 Å². The molecule has 1 amide bonds. The molecule has 0 fully saturated rings. The molecule has 1 unspecified atom stereocenters. The molecular weight excluding hydrogens is 298 g/mol. The van der Waals surface area contributed by atoms with E-state index in [0.717, 1.165) is 17.8 Å². The van der Waals surface area contributed by atoms with Crippen molar-refractivity contribution in [3.8, 4) is 0 Å². The van der Waals surface area contributed by atoms with E-state index in [2.05, 4.69) is 10.3 Å². The third-order valence-corrected chi connectivity index (χ3v) is 3.13. The van der Waals surface area contributed by atoms with Crippen LogP contribution in [0.25, 0.3) is 0 Å². The van der Waals surface area contributed by atoms with E-state index in [-0.39, 0.29) is 11.6 Å². The highest BCUT2D eigenvalue weighted by Gasteiger charge is 2.17. The second-order valence-corrected chi connectivity index (χ2v) is 5.11. The number of rotatable bonds is 4. The Hall–Kier alpha value is -2.01. The van der Waals surface area contributed by atoms with Crippen LogP contribution in [0, 0.1) is 11.8 Å². The highest BCUT2D eigenvalue weighted by molar-refractivity contribution is 6.30. The van der Waals surface area contributed by atoms with Gasteiger partial charge in [0.15, 0.2) is 5.82 Å². The molecule has 0 aliphatic heterocycles. The highest BCUT2D eigenvalue weighted by Crippen LogP contribution is 2.13. The van der Waals surface area contributed by atoms with Gasteiger partial charge in [0.05, 0.1) is 5.56 Å². The van der Waals surface area contributed by atoms with Crippen molar-refractivity contribution >= 4 is 17.5 Å². The second kappa shape index (κ2) is 6.63. The summed E-state index contributed by atoms with van der Waals surface area (Å²) in [5.74, 6) is -3.21. The molecule has 2 rings (SSSR count). The molecule has 1 N–H and O–H groups in total. The van der Waals surface area contributed by atoms with Crippen LogP contribution in [0.3, 0.4) is 0 Å². The fourth-order valence-corrected chi connectivity index (χ4v) is 2.18. The zero-order chi connectivity index (χ0) is 15.4. The average molecular weight is 311 g/mol. The fraction of sp³-hybridized carbons (Fsp3) is 0.200. The zero-order valence-electron chi connectivity index (χ0n) is 11.2. The lowest BCUT2D eigenvalue weighted by atomic mass is 10.1. The van der Waals surface area contributed by atoms with Gasteiger partial charge in [0.1, 0.15) is 0 Å². The van der Waals surface area contributed by atoms with E-state index in [9.17, 15) is 13.6 Å². The maximum absolute atomic E-state index is 13.5. The van der Waals surface area contributed by atoms with Gasteiger partial charge in [-0.25, -0.2) is 9.37 Å². The summed E-state index contributed by atoms with van der Waals surface area (Å²) < 4.78 is 26.5. The summed E-state index contributed by atoms with van der Waals surface area (Å²) in [6.45, 7) is 1.77. The van der Waals surface area contributed by atoms with E-state index in [1.54, 1.807) is 19.1 Å². The van der Waals surface area contributed by atoms with Crippen LogP contribution in [0.1, 0.15) is 22.8 Å². The van der Waals surface area contributed by atoms with E-state index in [1.807, 2.05) is 12.1 Å². The maximum Gasteiger partial charge on any atom is 0.254 e. The lowest BCUT2D eigenvalue weighted by molar-refractivity contribution is 0.0934. The minimum atomic E-state index is -1.29. The Bertz CT molecular complexity index is 664. The van der Waals surface area contributed by atoms with Crippen molar-refractivity contribution in [2.24, 2.45) is 0 Å². The first-order chi connectivity index (χ1) is 9.97. The SMILES string of the molecule is CC(Cc1cccc(Cl)c1)NC(=O)c1ccnc(F)c1F. The average Bonchev–Trinajstić information content (AvgIpc) is 2.41. The molecule has 2 aromatic rings. The molecule has 1 aromatic carbocycles. The van der Waals surface area contributed by atoms with Crippen LogP contribution in [0.4, 0.5) is 8.78 Å². The minimum Gasteiger partial charge on any atom is -0.349 e. The quantitative estimate of drug-likeness (QED) is 0.880. The van der Waals surface area contributed by atoms with E-state index in [4.69, 9.17) is 11.6 Å². The first-order valence-electron chi connectivity index (χ1n) is 6.32. The van der Waals surface area contributed by atoms with Crippen molar-refractivity contribution in [2.75, 3.05) is 0 Å². The summed E-state index contributed by atoms with van der Waals surface area (Å²) in [6, 6.07) is 8.11. The largest absolute Gasteiger partial charge is 0.349 e. The van der Waals surface area contributed by atoms with Crippen LogP contribution < -0.4 is 5.32 Å². The van der Waals surface area contributed by atoms with Gasteiger partial charge < -0.3 is 5.32 Å². The molecule has 0 aliphatic rings. The van der Waals surface area contributed by atoms with E-state index in [0.29, 0.717) is 11.4 Å². The number of aromatic nitrogens is 1. The zero-order valence-corrected chi connectivity index (χ0v) is 12.0. The van der Waals surface area contributed by atoms with Crippen LogP contribution >= 0.6 is 11.6 Å². The number of halogens is 3. The highest BCUT2D eigenvalue weighted by atomic mass is 35.5. The topological polar surface area (TPSA) is 42.0 Å². The normalized spacial score (nSPS) is 12.0. The van der Waals surface area contributed by atoms with Gasteiger partial charge in [-0.2, -0.15) is 4.39 Å². The van der Waals surface area contributed by atoms with Crippen LogP contribution in [-0.2, 0) is 6.42 Å². The van der Waals surface area contributed by atoms with Crippen molar-refractivity contribution in [1.82, 2.24) is 10.3 Å². The molecule has 1 atom stereocenters. The third kappa shape index (κ3) is 3.98. The number of benzene rings is 1. The van der Waals surface area contributed by atoms with Crippen molar-refractivity contribution in [3.05, 3.63) is 64.4 Å². The molecule has 3 nitrogen and oxygen atoms in total. The molecule has 0 aliphatic carbocycles. The Morgan fingerprint density at radius 1 is 1.38 bits per heavy atom. The number of nitrogens with one attached hydrogen (secondary N) is 1. The molecular formula is C15H13ClF2N2O. The number of nitrogens with zero attached hydrogens (tertiary/aromatic N) is 1. The Morgan fingerprint density at radius 3 is 2.86 bits per heavy atom. The summed E-state index contributed by atoms with van der Waals surface area (Å²) in [7, 11) is 0. The predicted octanol–water partition coefficient (Wildman–Crippen LogP) is 3.37. The molecule has 1 heterocycles. The molecule has 0 bridgehead atoms. The summed E-state index contributed by atoms with van der Waals surface area (Å²) in [4.78, 5) is 15.1. The number of carbonyl (C=O) groups is 1. The molecule has 0 spiro atoms. The first-order valence-corrected chi connectivity index (χ1v) is 6.70. The molecule has 0 saturated carbocycles. The number of pyridine rings is 1. The predicted molar refractivity (Wildman–Crippen MR) is 76.2 cm³/mol. The van der Waals surface area contributed by atoms with Gasteiger partial charge in [-0.15, -0.1) is 0 Å². The molecule has 21 heavy (non-hydrogen) atoms. The molecule has 1 aromatic heterocycles. The molecule has 0 radical (unpaired) electrons. The Kier molecular flexibility index (Phi) is 4.85. The lowest BCUT2D eigenvalue weighted by Gasteiger charge is -2.14. The molecule has 110 valence electrons. The van der Waals surface area contributed by atoms with Gasteiger partial charge in [0, 0.05) is 17.3 Å². The van der Waals surface area contributed by atoms with Gasteiger partial charge >= 0.3 is 0 Å². The monoisotopic (exact) mass is 310 g/mol. The van der Waals surface area contributed by atoms with E-state index < -0.39 is 17.7 Å².